The Hall–Kier alpha value is -1.10. The van der Waals surface area contributed by atoms with Crippen molar-refractivity contribution in [1.29, 1.82) is 0 Å². The van der Waals surface area contributed by atoms with Crippen molar-refractivity contribution in [2.75, 3.05) is 40.5 Å². The van der Waals surface area contributed by atoms with Gasteiger partial charge >= 0.3 is 0 Å². The molecule has 1 N–H and O–H groups in total. The Morgan fingerprint density at radius 3 is 2.67 bits per heavy atom. The van der Waals surface area contributed by atoms with Crippen LogP contribution in [-0.2, 0) is 11.3 Å². The van der Waals surface area contributed by atoms with Gasteiger partial charge in [0, 0.05) is 31.3 Å². The molecule has 0 amide bonds. The predicted molar refractivity (Wildman–Crippen MR) is 87.9 cm³/mol. The third-order valence-corrected chi connectivity index (χ3v) is 3.58. The molecular weight excluding hydrogens is 264 g/mol. The standard InChI is InChI=1S/C17H30N2O2/c1-6-18-14(3)15-8-9-17(20-5)16(12-15)13-19(4)10-11-21-7-2/h8-9,12,14,18H,6-7,10-11,13H2,1-5H3. The molecule has 1 rings (SSSR count). The highest BCUT2D eigenvalue weighted by atomic mass is 16.5. The van der Waals surface area contributed by atoms with Crippen LogP contribution in [0.5, 0.6) is 5.75 Å². The first kappa shape index (κ1) is 18.0. The van der Waals surface area contributed by atoms with Crippen molar-refractivity contribution in [3.05, 3.63) is 29.3 Å². The number of benzene rings is 1. The van der Waals surface area contributed by atoms with E-state index in [1.54, 1.807) is 7.11 Å². The number of rotatable bonds is 10. The van der Waals surface area contributed by atoms with Crippen molar-refractivity contribution < 1.29 is 9.47 Å². The van der Waals surface area contributed by atoms with Gasteiger partial charge in [0.05, 0.1) is 13.7 Å². The van der Waals surface area contributed by atoms with Gasteiger partial charge in [0.25, 0.3) is 0 Å². The molecule has 4 nitrogen and oxygen atoms in total. The maximum atomic E-state index is 5.49. The lowest BCUT2D eigenvalue weighted by molar-refractivity contribution is 0.120. The fourth-order valence-electron chi connectivity index (χ4n) is 2.35. The van der Waals surface area contributed by atoms with E-state index in [0.717, 1.165) is 38.6 Å². The van der Waals surface area contributed by atoms with E-state index in [0.29, 0.717) is 6.04 Å². The average Bonchev–Trinajstić information content (AvgIpc) is 2.47. The molecule has 0 saturated heterocycles. The first-order valence-electron chi connectivity index (χ1n) is 7.78. The Kier molecular flexibility index (Phi) is 8.35. The van der Waals surface area contributed by atoms with E-state index >= 15 is 0 Å². The number of nitrogens with one attached hydrogen (secondary N) is 1. The SMILES string of the molecule is CCNC(C)c1ccc(OC)c(CN(C)CCOCC)c1. The minimum absolute atomic E-state index is 0.355. The normalized spacial score (nSPS) is 12.7. The molecular formula is C17H30N2O2. The molecule has 0 heterocycles. The lowest BCUT2D eigenvalue weighted by atomic mass is 10.0. The zero-order valence-electron chi connectivity index (χ0n) is 14.1. The molecule has 0 aliphatic heterocycles. The number of hydrogen-bond acceptors (Lipinski definition) is 4. The lowest BCUT2D eigenvalue weighted by Gasteiger charge is -2.20. The summed E-state index contributed by atoms with van der Waals surface area (Å²) < 4.78 is 10.9. The lowest BCUT2D eigenvalue weighted by Crippen LogP contribution is -2.23. The summed E-state index contributed by atoms with van der Waals surface area (Å²) in [5, 5.41) is 3.45. The summed E-state index contributed by atoms with van der Waals surface area (Å²) in [5.41, 5.74) is 2.52. The monoisotopic (exact) mass is 294 g/mol. The second kappa shape index (κ2) is 9.77. The maximum absolute atomic E-state index is 5.49. The molecule has 0 bridgehead atoms. The fourth-order valence-corrected chi connectivity index (χ4v) is 2.35. The van der Waals surface area contributed by atoms with Crippen molar-refractivity contribution in [3.63, 3.8) is 0 Å². The first-order chi connectivity index (χ1) is 10.1. The average molecular weight is 294 g/mol. The minimum atomic E-state index is 0.355. The molecule has 0 spiro atoms. The van der Waals surface area contributed by atoms with Gasteiger partial charge in [-0.25, -0.2) is 0 Å². The van der Waals surface area contributed by atoms with Crippen molar-refractivity contribution in [3.8, 4) is 5.75 Å². The number of nitrogens with zero attached hydrogens (tertiary/aromatic N) is 1. The maximum Gasteiger partial charge on any atom is 0.123 e. The van der Waals surface area contributed by atoms with Crippen LogP contribution >= 0.6 is 0 Å². The molecule has 0 saturated carbocycles. The molecule has 1 aromatic carbocycles. The quantitative estimate of drug-likeness (QED) is 0.673. The Balaban J connectivity index is 2.75. The molecule has 1 aromatic rings. The van der Waals surface area contributed by atoms with Crippen LogP contribution in [0.1, 0.15) is 37.9 Å². The van der Waals surface area contributed by atoms with Crippen molar-refractivity contribution in [1.82, 2.24) is 10.2 Å². The van der Waals surface area contributed by atoms with Crippen LogP contribution in [0.25, 0.3) is 0 Å². The molecule has 1 atom stereocenters. The van der Waals surface area contributed by atoms with E-state index < -0.39 is 0 Å². The molecule has 0 aliphatic rings. The van der Waals surface area contributed by atoms with E-state index in [2.05, 4.69) is 49.3 Å². The van der Waals surface area contributed by atoms with Gasteiger partial charge in [0.15, 0.2) is 0 Å². The van der Waals surface area contributed by atoms with Gasteiger partial charge in [-0.05, 0) is 45.1 Å². The third-order valence-electron chi connectivity index (χ3n) is 3.58. The minimum Gasteiger partial charge on any atom is -0.496 e. The zero-order chi connectivity index (χ0) is 15.7. The van der Waals surface area contributed by atoms with E-state index in [1.165, 1.54) is 11.1 Å². The zero-order valence-corrected chi connectivity index (χ0v) is 14.1. The molecule has 0 aromatic heterocycles. The molecule has 1 unspecified atom stereocenters. The Morgan fingerprint density at radius 2 is 2.05 bits per heavy atom. The number of likely N-dealkylation sites (N-methyl/N-ethyl adjacent to an activating group) is 1. The number of ether oxygens (including phenoxy) is 2. The molecule has 0 fully saturated rings. The van der Waals surface area contributed by atoms with E-state index in [9.17, 15) is 0 Å². The van der Waals surface area contributed by atoms with Crippen LogP contribution < -0.4 is 10.1 Å². The summed E-state index contributed by atoms with van der Waals surface area (Å²) in [6.07, 6.45) is 0. The van der Waals surface area contributed by atoms with Crippen molar-refractivity contribution in [2.45, 2.75) is 33.4 Å². The first-order valence-corrected chi connectivity index (χ1v) is 7.78. The molecule has 0 radical (unpaired) electrons. The van der Waals surface area contributed by atoms with Crippen LogP contribution in [-0.4, -0.2) is 45.4 Å². The highest BCUT2D eigenvalue weighted by Crippen LogP contribution is 2.24. The van der Waals surface area contributed by atoms with Gasteiger partial charge in [-0.2, -0.15) is 0 Å². The smallest absolute Gasteiger partial charge is 0.123 e. The number of methoxy groups -OCH3 is 1. The van der Waals surface area contributed by atoms with Crippen LogP contribution in [0.3, 0.4) is 0 Å². The van der Waals surface area contributed by atoms with Crippen LogP contribution in [0.15, 0.2) is 18.2 Å². The van der Waals surface area contributed by atoms with E-state index in [4.69, 9.17) is 9.47 Å². The van der Waals surface area contributed by atoms with Gasteiger partial charge in [-0.3, -0.25) is 4.90 Å². The van der Waals surface area contributed by atoms with Crippen LogP contribution in [0.2, 0.25) is 0 Å². The summed E-state index contributed by atoms with van der Waals surface area (Å²) in [6, 6.07) is 6.79. The molecule has 4 heteroatoms. The Morgan fingerprint density at radius 1 is 1.29 bits per heavy atom. The fraction of sp³-hybridized carbons (Fsp3) is 0.647. The van der Waals surface area contributed by atoms with Gasteiger partial charge in [-0.15, -0.1) is 0 Å². The summed E-state index contributed by atoms with van der Waals surface area (Å²) in [5.74, 6) is 0.950. The van der Waals surface area contributed by atoms with E-state index in [-0.39, 0.29) is 0 Å². The molecule has 120 valence electrons. The second-order valence-corrected chi connectivity index (χ2v) is 5.29. The van der Waals surface area contributed by atoms with Crippen LogP contribution in [0, 0.1) is 0 Å². The third kappa shape index (κ3) is 6.04. The highest BCUT2D eigenvalue weighted by molar-refractivity contribution is 5.38. The Labute approximate surface area is 129 Å². The summed E-state index contributed by atoms with van der Waals surface area (Å²) in [6.45, 7) is 10.6. The molecule has 21 heavy (non-hydrogen) atoms. The summed E-state index contributed by atoms with van der Waals surface area (Å²) >= 11 is 0. The van der Waals surface area contributed by atoms with Crippen molar-refractivity contribution in [2.24, 2.45) is 0 Å². The largest absolute Gasteiger partial charge is 0.496 e. The topological polar surface area (TPSA) is 33.7 Å². The van der Waals surface area contributed by atoms with Crippen LogP contribution in [0.4, 0.5) is 0 Å². The molecule has 0 aliphatic carbocycles. The van der Waals surface area contributed by atoms with Gasteiger partial charge in [-0.1, -0.05) is 13.0 Å². The Bertz CT molecular complexity index is 410. The highest BCUT2D eigenvalue weighted by Gasteiger charge is 2.11. The predicted octanol–water partition coefficient (Wildman–Crippen LogP) is 2.83. The summed E-state index contributed by atoms with van der Waals surface area (Å²) in [7, 11) is 3.84. The van der Waals surface area contributed by atoms with E-state index in [1.807, 2.05) is 6.92 Å². The second-order valence-electron chi connectivity index (χ2n) is 5.29. The number of hydrogen-bond donors (Lipinski definition) is 1. The van der Waals surface area contributed by atoms with Gasteiger partial charge in [0.1, 0.15) is 5.75 Å². The van der Waals surface area contributed by atoms with Crippen molar-refractivity contribution >= 4 is 0 Å². The van der Waals surface area contributed by atoms with Gasteiger partial charge < -0.3 is 14.8 Å². The van der Waals surface area contributed by atoms with Gasteiger partial charge in [0.2, 0.25) is 0 Å². The summed E-state index contributed by atoms with van der Waals surface area (Å²) in [4.78, 5) is 2.26.